The summed E-state index contributed by atoms with van der Waals surface area (Å²) in [5.41, 5.74) is 6.99. The van der Waals surface area contributed by atoms with Crippen LogP contribution in [0.5, 0.6) is 0 Å². The number of fused-ring (bicyclic) bond motifs is 1. The average Bonchev–Trinajstić information content (AvgIpc) is 3.01. The van der Waals surface area contributed by atoms with Crippen LogP contribution in [-0.4, -0.2) is 18.0 Å². The monoisotopic (exact) mass is 338 g/mol. The number of benzene rings is 2. The lowest BCUT2D eigenvalue weighted by Gasteiger charge is -2.37. The third-order valence-corrected chi connectivity index (χ3v) is 5.36. The van der Waals surface area contributed by atoms with Gasteiger partial charge in [0.05, 0.1) is 22.4 Å². The lowest BCUT2D eigenvalue weighted by atomic mass is 9.85. The van der Waals surface area contributed by atoms with Gasteiger partial charge in [-0.3, -0.25) is 10.4 Å². The number of hydrogen-bond acceptors (Lipinski definition) is 4. The Hall–Kier alpha value is -2.38. The Bertz CT molecular complexity index is 777. The van der Waals surface area contributed by atoms with Crippen LogP contribution in [0.25, 0.3) is 0 Å². The SMILES string of the molecule is N#CN1CCC(C2c3ccccc3NN2c2ccccc2Cl)CC1. The standard InChI is InChI=1S/C19H19ClN4/c20-16-6-2-4-8-18(16)24-19(14-9-11-23(13-21)12-10-14)15-5-1-3-7-17(15)22-24/h1-8,14,19,22H,9-12H2. The predicted molar refractivity (Wildman–Crippen MR) is 96.6 cm³/mol. The topological polar surface area (TPSA) is 42.3 Å². The molecule has 1 saturated heterocycles. The van der Waals surface area contributed by atoms with Gasteiger partial charge in [0.2, 0.25) is 0 Å². The van der Waals surface area contributed by atoms with Crippen molar-refractivity contribution in [3.05, 3.63) is 59.1 Å². The van der Waals surface area contributed by atoms with Crippen molar-refractivity contribution in [1.82, 2.24) is 4.90 Å². The second kappa shape index (κ2) is 6.26. The lowest BCUT2D eigenvalue weighted by molar-refractivity contribution is 0.226. The number of halogens is 1. The van der Waals surface area contributed by atoms with E-state index in [0.717, 1.165) is 42.3 Å². The van der Waals surface area contributed by atoms with E-state index in [4.69, 9.17) is 16.9 Å². The molecule has 1 fully saturated rings. The number of para-hydroxylation sites is 2. The minimum Gasteiger partial charge on any atom is -0.311 e. The summed E-state index contributed by atoms with van der Waals surface area (Å²) in [6.07, 6.45) is 4.29. The molecule has 1 atom stereocenters. The molecule has 4 rings (SSSR count). The maximum Gasteiger partial charge on any atom is 0.179 e. The van der Waals surface area contributed by atoms with Gasteiger partial charge in [0.1, 0.15) is 0 Å². The number of likely N-dealkylation sites (tertiary alicyclic amines) is 1. The zero-order valence-electron chi connectivity index (χ0n) is 13.3. The van der Waals surface area contributed by atoms with E-state index in [1.165, 1.54) is 5.56 Å². The summed E-state index contributed by atoms with van der Waals surface area (Å²) in [5.74, 6) is 0.488. The molecule has 0 aliphatic carbocycles. The van der Waals surface area contributed by atoms with Gasteiger partial charge in [-0.1, -0.05) is 41.9 Å². The molecule has 0 bridgehead atoms. The van der Waals surface area contributed by atoms with Gasteiger partial charge >= 0.3 is 0 Å². The molecule has 1 unspecified atom stereocenters. The fraction of sp³-hybridized carbons (Fsp3) is 0.316. The Labute approximate surface area is 147 Å². The van der Waals surface area contributed by atoms with Gasteiger partial charge in [-0.2, -0.15) is 5.26 Å². The zero-order chi connectivity index (χ0) is 16.5. The number of hydrogen-bond donors (Lipinski definition) is 1. The Morgan fingerprint density at radius 3 is 2.50 bits per heavy atom. The van der Waals surface area contributed by atoms with E-state index in [-0.39, 0.29) is 6.04 Å². The second-order valence-corrected chi connectivity index (χ2v) is 6.80. The van der Waals surface area contributed by atoms with Gasteiger partial charge in [0.25, 0.3) is 0 Å². The molecule has 0 amide bonds. The molecule has 2 aliphatic rings. The van der Waals surface area contributed by atoms with Crippen LogP contribution in [0.1, 0.15) is 24.4 Å². The quantitative estimate of drug-likeness (QED) is 0.823. The maximum absolute atomic E-state index is 9.10. The van der Waals surface area contributed by atoms with Crippen LogP contribution >= 0.6 is 11.6 Å². The highest BCUT2D eigenvalue weighted by atomic mass is 35.5. The van der Waals surface area contributed by atoms with Crippen molar-refractivity contribution in [2.75, 3.05) is 23.5 Å². The minimum absolute atomic E-state index is 0.238. The number of piperidine rings is 1. The summed E-state index contributed by atoms with van der Waals surface area (Å²) >= 11 is 6.46. The highest BCUT2D eigenvalue weighted by molar-refractivity contribution is 6.33. The highest BCUT2D eigenvalue weighted by Gasteiger charge is 2.38. The zero-order valence-corrected chi connectivity index (χ0v) is 14.1. The van der Waals surface area contributed by atoms with Crippen molar-refractivity contribution >= 4 is 23.0 Å². The highest BCUT2D eigenvalue weighted by Crippen LogP contribution is 2.46. The van der Waals surface area contributed by atoms with E-state index < -0.39 is 0 Å². The van der Waals surface area contributed by atoms with Crippen molar-refractivity contribution in [2.24, 2.45) is 5.92 Å². The van der Waals surface area contributed by atoms with E-state index in [9.17, 15) is 0 Å². The largest absolute Gasteiger partial charge is 0.311 e. The first-order valence-corrected chi connectivity index (χ1v) is 8.70. The maximum atomic E-state index is 9.10. The summed E-state index contributed by atoms with van der Waals surface area (Å²) in [5, 5.41) is 12.1. The van der Waals surface area contributed by atoms with Gasteiger partial charge in [-0.15, -0.1) is 0 Å². The first kappa shape index (κ1) is 15.2. The molecule has 0 aromatic heterocycles. The fourth-order valence-electron chi connectivity index (χ4n) is 3.83. The Kier molecular flexibility index (Phi) is 3.95. The van der Waals surface area contributed by atoms with E-state index in [2.05, 4.69) is 47.0 Å². The third kappa shape index (κ3) is 2.55. The normalized spacial score (nSPS) is 20.4. The summed E-state index contributed by atoms with van der Waals surface area (Å²) < 4.78 is 0. The van der Waals surface area contributed by atoms with Gasteiger partial charge in [0.15, 0.2) is 6.19 Å². The number of hydrazine groups is 1. The molecule has 2 aromatic carbocycles. The van der Waals surface area contributed by atoms with E-state index in [1.807, 2.05) is 23.1 Å². The molecule has 1 N–H and O–H groups in total. The van der Waals surface area contributed by atoms with Crippen LogP contribution in [0.3, 0.4) is 0 Å². The molecular weight excluding hydrogens is 320 g/mol. The van der Waals surface area contributed by atoms with Crippen LogP contribution < -0.4 is 10.4 Å². The molecule has 4 nitrogen and oxygen atoms in total. The second-order valence-electron chi connectivity index (χ2n) is 6.39. The summed E-state index contributed by atoms with van der Waals surface area (Å²) in [6.45, 7) is 1.66. The van der Waals surface area contributed by atoms with Crippen molar-refractivity contribution in [3.63, 3.8) is 0 Å². The van der Waals surface area contributed by atoms with Crippen molar-refractivity contribution in [3.8, 4) is 6.19 Å². The first-order valence-electron chi connectivity index (χ1n) is 8.32. The first-order chi connectivity index (χ1) is 11.8. The molecule has 0 radical (unpaired) electrons. The minimum atomic E-state index is 0.238. The van der Waals surface area contributed by atoms with Gasteiger partial charge in [0, 0.05) is 18.7 Å². The summed E-state index contributed by atoms with van der Waals surface area (Å²) in [7, 11) is 0. The van der Waals surface area contributed by atoms with Crippen LogP contribution in [0, 0.1) is 17.4 Å². The molecule has 0 saturated carbocycles. The number of nitriles is 1. The van der Waals surface area contributed by atoms with Crippen molar-refractivity contribution in [1.29, 1.82) is 5.26 Å². The smallest absolute Gasteiger partial charge is 0.179 e. The van der Waals surface area contributed by atoms with Gasteiger partial charge in [-0.25, -0.2) is 0 Å². The van der Waals surface area contributed by atoms with E-state index in [0.29, 0.717) is 5.92 Å². The third-order valence-electron chi connectivity index (χ3n) is 5.04. The fourth-order valence-corrected chi connectivity index (χ4v) is 4.06. The van der Waals surface area contributed by atoms with Gasteiger partial charge in [-0.05, 0) is 37.0 Å². The molecule has 0 spiro atoms. The molecular formula is C19H19ClN4. The number of anilines is 2. The van der Waals surface area contributed by atoms with Crippen LogP contribution in [0.2, 0.25) is 5.02 Å². The van der Waals surface area contributed by atoms with Gasteiger partial charge < -0.3 is 4.90 Å². The Balaban J connectivity index is 1.70. The lowest BCUT2D eigenvalue weighted by Crippen LogP contribution is -2.38. The molecule has 2 aromatic rings. The molecule has 2 heterocycles. The number of rotatable bonds is 2. The van der Waals surface area contributed by atoms with Crippen LogP contribution in [-0.2, 0) is 0 Å². The van der Waals surface area contributed by atoms with Crippen LogP contribution in [0.15, 0.2) is 48.5 Å². The van der Waals surface area contributed by atoms with Crippen molar-refractivity contribution in [2.45, 2.75) is 18.9 Å². The Morgan fingerprint density at radius 1 is 1.04 bits per heavy atom. The van der Waals surface area contributed by atoms with Crippen molar-refractivity contribution < 1.29 is 0 Å². The molecule has 24 heavy (non-hydrogen) atoms. The summed E-state index contributed by atoms with van der Waals surface area (Å²) in [4.78, 5) is 1.85. The Morgan fingerprint density at radius 2 is 1.75 bits per heavy atom. The molecule has 5 heteroatoms. The van der Waals surface area contributed by atoms with E-state index >= 15 is 0 Å². The predicted octanol–water partition coefficient (Wildman–Crippen LogP) is 4.42. The van der Waals surface area contributed by atoms with E-state index in [1.54, 1.807) is 0 Å². The number of nitrogens with zero attached hydrogens (tertiary/aromatic N) is 3. The number of nitrogens with one attached hydrogen (secondary N) is 1. The molecule has 122 valence electrons. The van der Waals surface area contributed by atoms with Crippen LogP contribution in [0.4, 0.5) is 11.4 Å². The summed E-state index contributed by atoms with van der Waals surface area (Å²) in [6, 6.07) is 16.6. The molecule has 2 aliphatic heterocycles. The average molecular weight is 339 g/mol.